The molecule has 38 heavy (non-hydrogen) atoms. The van der Waals surface area contributed by atoms with Crippen molar-refractivity contribution in [2.75, 3.05) is 13.2 Å². The van der Waals surface area contributed by atoms with E-state index in [2.05, 4.69) is 25.4 Å². The molecule has 2 saturated heterocycles. The van der Waals surface area contributed by atoms with Crippen LogP contribution < -0.4 is 0 Å². The first-order chi connectivity index (χ1) is 18.6. The number of aryl methyl sites for hydroxylation is 1. The maximum Gasteiger partial charge on any atom is 0.184 e. The molecule has 0 bridgehead atoms. The van der Waals surface area contributed by atoms with Gasteiger partial charge in [0.05, 0.1) is 34.1 Å². The summed E-state index contributed by atoms with van der Waals surface area (Å²) >= 11 is 8.19. The molecule has 0 radical (unpaired) electrons. The SMILES string of the molecule is Cc1nc2ccc(-n3ncnc3[C@@H]3O[C@@H]4COC(c5ccccc5)O[C@@H]4[C@H](N4N=NCC4Cl)[C@H]3O)cc2s1. The van der Waals surface area contributed by atoms with Gasteiger partial charge in [-0.25, -0.2) is 14.6 Å². The predicted octanol–water partition coefficient (Wildman–Crippen LogP) is 3.72. The van der Waals surface area contributed by atoms with E-state index in [4.69, 9.17) is 25.8 Å². The van der Waals surface area contributed by atoms with Crippen LogP contribution in [0.5, 0.6) is 0 Å². The van der Waals surface area contributed by atoms with E-state index in [1.807, 2.05) is 55.5 Å². The van der Waals surface area contributed by atoms with Gasteiger partial charge in [0.15, 0.2) is 12.1 Å². The van der Waals surface area contributed by atoms with Gasteiger partial charge in [-0.2, -0.15) is 10.2 Å². The molecule has 2 unspecified atom stereocenters. The Bertz CT molecular complexity index is 1480. The molecule has 13 heteroatoms. The second-order valence-corrected chi connectivity index (χ2v) is 11.1. The normalized spacial score (nSPS) is 31.1. The van der Waals surface area contributed by atoms with Crippen LogP contribution in [0.2, 0.25) is 0 Å². The molecule has 0 aliphatic carbocycles. The van der Waals surface area contributed by atoms with Crippen LogP contribution in [0, 0.1) is 6.92 Å². The van der Waals surface area contributed by atoms with Gasteiger partial charge in [0.2, 0.25) is 0 Å². The fourth-order valence-electron chi connectivity index (χ4n) is 5.28. The van der Waals surface area contributed by atoms with Crippen LogP contribution in [0.4, 0.5) is 0 Å². The van der Waals surface area contributed by atoms with Gasteiger partial charge < -0.3 is 19.3 Å². The van der Waals surface area contributed by atoms with Crippen molar-refractivity contribution in [3.8, 4) is 5.69 Å². The third kappa shape index (κ3) is 4.08. The number of hydrogen-bond donors (Lipinski definition) is 1. The maximum atomic E-state index is 11.8. The molecule has 1 N–H and O–H groups in total. The monoisotopic (exact) mass is 553 g/mol. The summed E-state index contributed by atoms with van der Waals surface area (Å²) < 4.78 is 21.6. The highest BCUT2D eigenvalue weighted by molar-refractivity contribution is 7.18. The maximum absolute atomic E-state index is 11.8. The molecule has 0 saturated carbocycles. The van der Waals surface area contributed by atoms with E-state index >= 15 is 0 Å². The first-order valence-corrected chi connectivity index (χ1v) is 13.5. The summed E-state index contributed by atoms with van der Waals surface area (Å²) in [6.07, 6.45) is -2.19. The lowest BCUT2D eigenvalue weighted by Crippen LogP contribution is -2.64. The zero-order valence-corrected chi connectivity index (χ0v) is 21.8. The van der Waals surface area contributed by atoms with Crippen molar-refractivity contribution in [2.45, 2.75) is 49.2 Å². The summed E-state index contributed by atoms with van der Waals surface area (Å²) in [6, 6.07) is 14.9. The summed E-state index contributed by atoms with van der Waals surface area (Å²) in [4.78, 5) is 9.04. The number of halogens is 1. The minimum atomic E-state index is -1.10. The Labute approximate surface area is 226 Å². The van der Waals surface area contributed by atoms with Crippen molar-refractivity contribution in [3.05, 3.63) is 71.3 Å². The lowest BCUT2D eigenvalue weighted by atomic mass is 9.90. The highest BCUT2D eigenvalue weighted by atomic mass is 35.5. The van der Waals surface area contributed by atoms with Crippen LogP contribution in [0.3, 0.4) is 0 Å². The molecule has 196 valence electrons. The van der Waals surface area contributed by atoms with Gasteiger partial charge >= 0.3 is 0 Å². The fourth-order valence-corrected chi connectivity index (χ4v) is 6.37. The summed E-state index contributed by atoms with van der Waals surface area (Å²) in [6.45, 7) is 2.55. The van der Waals surface area contributed by atoms with Gasteiger partial charge in [-0.3, -0.25) is 5.01 Å². The summed E-state index contributed by atoms with van der Waals surface area (Å²) in [7, 11) is 0. The van der Waals surface area contributed by atoms with Crippen molar-refractivity contribution < 1.29 is 19.3 Å². The fraction of sp³-hybridized carbons (Fsp3) is 0.400. The summed E-state index contributed by atoms with van der Waals surface area (Å²) in [5.41, 5.74) is 2.07. The molecule has 2 aromatic carbocycles. The molecule has 4 aromatic rings. The molecular formula is C25H24ClN7O4S. The quantitative estimate of drug-likeness (QED) is 0.300. The molecule has 0 amide bonds. The molecular weight excluding hydrogens is 530 g/mol. The van der Waals surface area contributed by atoms with Crippen molar-refractivity contribution in [2.24, 2.45) is 10.3 Å². The standard InChI is InChI=1S/C25H24ClN7O4S/c1-13-30-16-8-7-15(9-18(16)38-13)32-24(27-12-29-32)23-21(34)20(33-19(26)10-28-31-33)22-17(36-23)11-35-25(37-22)14-5-3-2-4-6-14/h2-9,12,17,19-23,25,34H,10-11H2,1H3/t17-,19?,20-,21-,22+,23-,25?/m1/s1. The van der Waals surface area contributed by atoms with E-state index in [0.29, 0.717) is 12.4 Å². The Balaban J connectivity index is 1.24. The molecule has 5 heterocycles. The molecule has 3 aliphatic heterocycles. The van der Waals surface area contributed by atoms with Gasteiger partial charge in [0, 0.05) is 5.56 Å². The van der Waals surface area contributed by atoms with Crippen molar-refractivity contribution in [1.29, 1.82) is 0 Å². The van der Waals surface area contributed by atoms with Gasteiger partial charge in [-0.1, -0.05) is 47.2 Å². The summed E-state index contributed by atoms with van der Waals surface area (Å²) in [5.74, 6) is 0.453. The van der Waals surface area contributed by atoms with Gasteiger partial charge in [0.25, 0.3) is 0 Å². The highest BCUT2D eigenvalue weighted by Gasteiger charge is 2.54. The number of thiazole rings is 1. The number of aliphatic hydroxyl groups is 1. The van der Waals surface area contributed by atoms with Crippen LogP contribution in [0.1, 0.15) is 28.8 Å². The molecule has 11 nitrogen and oxygen atoms in total. The smallest absolute Gasteiger partial charge is 0.184 e. The molecule has 3 aliphatic rings. The lowest BCUT2D eigenvalue weighted by Gasteiger charge is -2.50. The average molecular weight is 554 g/mol. The third-order valence-corrected chi connectivity index (χ3v) is 8.26. The molecule has 2 fully saturated rings. The molecule has 0 spiro atoms. The minimum Gasteiger partial charge on any atom is -0.388 e. The number of aromatic nitrogens is 4. The van der Waals surface area contributed by atoms with E-state index in [9.17, 15) is 5.11 Å². The van der Waals surface area contributed by atoms with Crippen LogP contribution in [0.25, 0.3) is 15.9 Å². The Morgan fingerprint density at radius 2 is 2.00 bits per heavy atom. The van der Waals surface area contributed by atoms with E-state index in [1.165, 1.54) is 6.33 Å². The molecule has 7 rings (SSSR count). The second kappa shape index (κ2) is 9.63. The first-order valence-electron chi connectivity index (χ1n) is 12.3. The number of rotatable bonds is 4. The number of alkyl halides is 1. The topological polar surface area (TPSA) is 119 Å². The lowest BCUT2D eigenvalue weighted by molar-refractivity contribution is -0.322. The first kappa shape index (κ1) is 24.1. The highest BCUT2D eigenvalue weighted by Crippen LogP contribution is 2.42. The number of nitrogens with zero attached hydrogens (tertiary/aromatic N) is 7. The zero-order chi connectivity index (χ0) is 25.8. The van der Waals surface area contributed by atoms with Crippen LogP contribution in [-0.4, -0.2) is 72.9 Å². The molecule has 2 aromatic heterocycles. The van der Waals surface area contributed by atoms with Crippen molar-refractivity contribution in [3.63, 3.8) is 0 Å². The molecule has 7 atom stereocenters. The number of fused-ring (bicyclic) bond motifs is 2. The number of hydrogen-bond acceptors (Lipinski definition) is 11. The van der Waals surface area contributed by atoms with Crippen molar-refractivity contribution in [1.82, 2.24) is 24.8 Å². The van der Waals surface area contributed by atoms with Crippen LogP contribution in [-0.2, 0) is 14.2 Å². The number of aliphatic hydroxyl groups excluding tert-OH is 1. The van der Waals surface area contributed by atoms with E-state index in [1.54, 1.807) is 21.0 Å². The van der Waals surface area contributed by atoms with Crippen LogP contribution in [0.15, 0.2) is 65.2 Å². The Kier molecular flexibility index (Phi) is 6.10. The van der Waals surface area contributed by atoms with Gasteiger partial charge in [-0.05, 0) is 25.1 Å². The Morgan fingerprint density at radius 1 is 1.13 bits per heavy atom. The van der Waals surface area contributed by atoms with Gasteiger partial charge in [-0.15, -0.1) is 11.3 Å². The van der Waals surface area contributed by atoms with Crippen LogP contribution >= 0.6 is 22.9 Å². The number of ether oxygens (including phenoxy) is 3. The van der Waals surface area contributed by atoms with E-state index in [-0.39, 0.29) is 6.61 Å². The van der Waals surface area contributed by atoms with E-state index < -0.39 is 42.2 Å². The number of benzene rings is 2. The van der Waals surface area contributed by atoms with Gasteiger partial charge in [0.1, 0.15) is 42.3 Å². The third-order valence-electron chi connectivity index (χ3n) is 6.99. The Morgan fingerprint density at radius 3 is 2.82 bits per heavy atom. The Hall–Kier alpha value is -3.00. The average Bonchev–Trinajstić information content (AvgIpc) is 3.67. The zero-order valence-electron chi connectivity index (χ0n) is 20.2. The predicted molar refractivity (Wildman–Crippen MR) is 138 cm³/mol. The summed E-state index contributed by atoms with van der Waals surface area (Å²) in [5, 5.41) is 27.2. The van der Waals surface area contributed by atoms with Crippen molar-refractivity contribution >= 4 is 33.2 Å². The van der Waals surface area contributed by atoms with E-state index in [0.717, 1.165) is 26.5 Å². The second-order valence-electron chi connectivity index (χ2n) is 9.40. The largest absolute Gasteiger partial charge is 0.388 e. The minimum absolute atomic E-state index is 0.252.